The number of benzene rings is 1. The Balaban J connectivity index is 1.81. The lowest BCUT2D eigenvalue weighted by Crippen LogP contribution is -2.38. The van der Waals surface area contributed by atoms with E-state index in [4.69, 9.17) is 5.11 Å². The van der Waals surface area contributed by atoms with Gasteiger partial charge in [0.05, 0.1) is 5.92 Å². The van der Waals surface area contributed by atoms with Gasteiger partial charge in [0.15, 0.2) is 0 Å². The van der Waals surface area contributed by atoms with Crippen LogP contribution in [0.4, 0.5) is 0 Å². The Morgan fingerprint density at radius 1 is 1.35 bits per heavy atom. The van der Waals surface area contributed by atoms with Gasteiger partial charge < -0.3 is 5.11 Å². The first-order valence-corrected chi connectivity index (χ1v) is 7.01. The Kier molecular flexibility index (Phi) is 3.65. The van der Waals surface area contributed by atoms with Crippen molar-refractivity contribution in [1.82, 2.24) is 9.88 Å². The van der Waals surface area contributed by atoms with E-state index in [1.54, 1.807) is 0 Å². The van der Waals surface area contributed by atoms with Gasteiger partial charge in [0.1, 0.15) is 0 Å². The van der Waals surface area contributed by atoms with Crippen LogP contribution in [-0.4, -0.2) is 34.0 Å². The third kappa shape index (κ3) is 2.65. The minimum Gasteiger partial charge on any atom is -0.481 e. The van der Waals surface area contributed by atoms with Crippen LogP contribution >= 0.6 is 0 Å². The highest BCUT2D eigenvalue weighted by atomic mass is 16.4. The maximum Gasteiger partial charge on any atom is 0.307 e. The SMILES string of the molecule is O=C(O)C1CCCN(Cc2cncc3ccccc23)C1. The molecular formula is C16H18N2O2. The van der Waals surface area contributed by atoms with Crippen LogP contribution < -0.4 is 0 Å². The topological polar surface area (TPSA) is 53.4 Å². The molecule has 1 aromatic carbocycles. The van der Waals surface area contributed by atoms with Gasteiger partial charge in [0.25, 0.3) is 0 Å². The molecule has 2 aromatic rings. The zero-order chi connectivity index (χ0) is 13.9. The molecule has 2 heterocycles. The highest BCUT2D eigenvalue weighted by Gasteiger charge is 2.25. The standard InChI is InChI=1S/C16H18N2O2/c19-16(20)13-5-3-7-18(10-13)11-14-9-17-8-12-4-1-2-6-15(12)14/h1-2,4,6,8-9,13H,3,5,7,10-11H2,(H,19,20). The summed E-state index contributed by atoms with van der Waals surface area (Å²) in [4.78, 5) is 17.6. The first kappa shape index (κ1) is 13.1. The predicted octanol–water partition coefficient (Wildman–Crippen LogP) is 2.53. The summed E-state index contributed by atoms with van der Waals surface area (Å²) in [6.45, 7) is 2.38. The van der Waals surface area contributed by atoms with E-state index in [9.17, 15) is 4.79 Å². The smallest absolute Gasteiger partial charge is 0.307 e. The number of carboxylic acids is 1. The van der Waals surface area contributed by atoms with E-state index in [1.165, 1.54) is 10.9 Å². The molecule has 1 unspecified atom stereocenters. The molecule has 0 bridgehead atoms. The minimum atomic E-state index is -0.675. The molecule has 0 spiro atoms. The van der Waals surface area contributed by atoms with E-state index >= 15 is 0 Å². The van der Waals surface area contributed by atoms with E-state index in [-0.39, 0.29) is 5.92 Å². The van der Waals surface area contributed by atoms with Gasteiger partial charge in [-0.1, -0.05) is 24.3 Å². The summed E-state index contributed by atoms with van der Waals surface area (Å²) in [5, 5.41) is 11.5. The second-order valence-corrected chi connectivity index (χ2v) is 5.43. The summed E-state index contributed by atoms with van der Waals surface area (Å²) in [5.74, 6) is -0.905. The van der Waals surface area contributed by atoms with E-state index in [0.29, 0.717) is 6.54 Å². The molecule has 1 aliphatic heterocycles. The molecule has 3 rings (SSSR count). The fourth-order valence-electron chi connectivity index (χ4n) is 2.95. The number of nitrogens with zero attached hydrogens (tertiary/aromatic N) is 2. The van der Waals surface area contributed by atoms with E-state index in [2.05, 4.69) is 22.0 Å². The van der Waals surface area contributed by atoms with Crippen molar-refractivity contribution in [3.8, 4) is 0 Å². The molecule has 0 radical (unpaired) electrons. The number of rotatable bonds is 3. The van der Waals surface area contributed by atoms with E-state index in [1.807, 2.05) is 24.5 Å². The van der Waals surface area contributed by atoms with Crippen molar-refractivity contribution < 1.29 is 9.90 Å². The molecule has 1 fully saturated rings. The average molecular weight is 270 g/mol. The number of aromatic nitrogens is 1. The monoisotopic (exact) mass is 270 g/mol. The lowest BCUT2D eigenvalue weighted by atomic mass is 9.97. The van der Waals surface area contributed by atoms with Crippen LogP contribution in [0.1, 0.15) is 18.4 Å². The second-order valence-electron chi connectivity index (χ2n) is 5.43. The fraction of sp³-hybridized carbons (Fsp3) is 0.375. The number of piperidine rings is 1. The fourth-order valence-corrected chi connectivity index (χ4v) is 2.95. The third-order valence-electron chi connectivity index (χ3n) is 4.00. The van der Waals surface area contributed by atoms with Crippen LogP contribution in [-0.2, 0) is 11.3 Å². The molecule has 1 atom stereocenters. The number of carbonyl (C=O) groups is 1. The number of fused-ring (bicyclic) bond motifs is 1. The maximum absolute atomic E-state index is 11.1. The van der Waals surface area contributed by atoms with Crippen molar-refractivity contribution >= 4 is 16.7 Å². The molecule has 4 heteroatoms. The lowest BCUT2D eigenvalue weighted by molar-refractivity contribution is -0.143. The summed E-state index contributed by atoms with van der Waals surface area (Å²) < 4.78 is 0. The summed E-state index contributed by atoms with van der Waals surface area (Å²) >= 11 is 0. The van der Waals surface area contributed by atoms with Crippen LogP contribution in [0.5, 0.6) is 0 Å². The zero-order valence-corrected chi connectivity index (χ0v) is 11.3. The Morgan fingerprint density at radius 2 is 2.20 bits per heavy atom. The number of pyridine rings is 1. The molecule has 0 amide bonds. The average Bonchev–Trinajstić information content (AvgIpc) is 2.48. The molecule has 1 saturated heterocycles. The molecule has 0 aliphatic carbocycles. The van der Waals surface area contributed by atoms with Crippen molar-refractivity contribution in [2.75, 3.05) is 13.1 Å². The Bertz CT molecular complexity index is 621. The highest BCUT2D eigenvalue weighted by Crippen LogP contribution is 2.22. The van der Waals surface area contributed by atoms with Gasteiger partial charge in [0.2, 0.25) is 0 Å². The van der Waals surface area contributed by atoms with Crippen molar-refractivity contribution in [3.05, 3.63) is 42.2 Å². The lowest BCUT2D eigenvalue weighted by Gasteiger charge is -2.30. The minimum absolute atomic E-state index is 0.230. The van der Waals surface area contributed by atoms with Gasteiger partial charge in [-0.2, -0.15) is 0 Å². The van der Waals surface area contributed by atoms with Crippen LogP contribution in [0.25, 0.3) is 10.8 Å². The molecule has 0 saturated carbocycles. The summed E-state index contributed by atoms with van der Waals surface area (Å²) in [5.41, 5.74) is 1.18. The molecule has 1 N–H and O–H groups in total. The maximum atomic E-state index is 11.1. The van der Waals surface area contributed by atoms with Crippen molar-refractivity contribution in [2.24, 2.45) is 5.92 Å². The van der Waals surface area contributed by atoms with Crippen LogP contribution in [0, 0.1) is 5.92 Å². The third-order valence-corrected chi connectivity index (χ3v) is 4.00. The van der Waals surface area contributed by atoms with Crippen molar-refractivity contribution in [2.45, 2.75) is 19.4 Å². The number of carboxylic acid groups (broad SMARTS) is 1. The summed E-state index contributed by atoms with van der Waals surface area (Å²) in [6.07, 6.45) is 5.51. The predicted molar refractivity (Wildman–Crippen MR) is 77.4 cm³/mol. The van der Waals surface area contributed by atoms with E-state index in [0.717, 1.165) is 31.3 Å². The molecule has 20 heavy (non-hydrogen) atoms. The number of hydrogen-bond acceptors (Lipinski definition) is 3. The normalized spacial score (nSPS) is 20.1. The number of hydrogen-bond donors (Lipinski definition) is 1. The van der Waals surface area contributed by atoms with Gasteiger partial charge >= 0.3 is 5.97 Å². The number of likely N-dealkylation sites (tertiary alicyclic amines) is 1. The first-order valence-electron chi connectivity index (χ1n) is 7.01. The van der Waals surface area contributed by atoms with Crippen LogP contribution in [0.2, 0.25) is 0 Å². The molecule has 1 aromatic heterocycles. The largest absolute Gasteiger partial charge is 0.481 e. The van der Waals surface area contributed by atoms with Crippen molar-refractivity contribution in [1.29, 1.82) is 0 Å². The number of aliphatic carboxylic acids is 1. The summed E-state index contributed by atoms with van der Waals surface area (Å²) in [6, 6.07) is 8.20. The Labute approximate surface area is 118 Å². The molecule has 1 aliphatic rings. The van der Waals surface area contributed by atoms with Crippen LogP contribution in [0.3, 0.4) is 0 Å². The first-order chi connectivity index (χ1) is 9.74. The highest BCUT2D eigenvalue weighted by molar-refractivity contribution is 5.84. The molecule has 4 nitrogen and oxygen atoms in total. The molecule has 104 valence electrons. The van der Waals surface area contributed by atoms with Crippen LogP contribution in [0.15, 0.2) is 36.7 Å². The van der Waals surface area contributed by atoms with E-state index < -0.39 is 5.97 Å². The van der Waals surface area contributed by atoms with Gasteiger partial charge in [-0.25, -0.2) is 0 Å². The van der Waals surface area contributed by atoms with Gasteiger partial charge in [-0.15, -0.1) is 0 Å². The second kappa shape index (κ2) is 5.59. The Morgan fingerprint density at radius 3 is 3.05 bits per heavy atom. The van der Waals surface area contributed by atoms with Gasteiger partial charge in [-0.05, 0) is 30.3 Å². The van der Waals surface area contributed by atoms with Crippen molar-refractivity contribution in [3.63, 3.8) is 0 Å². The van der Waals surface area contributed by atoms with Gasteiger partial charge in [-0.3, -0.25) is 14.7 Å². The molecular weight excluding hydrogens is 252 g/mol. The summed E-state index contributed by atoms with van der Waals surface area (Å²) in [7, 11) is 0. The van der Waals surface area contributed by atoms with Gasteiger partial charge in [0, 0.05) is 30.9 Å². The quantitative estimate of drug-likeness (QED) is 0.931. The Hall–Kier alpha value is -1.94. The zero-order valence-electron chi connectivity index (χ0n) is 11.3.